The smallest absolute Gasteiger partial charge is 0.416 e. The minimum atomic E-state index is -4.56. The maximum absolute atomic E-state index is 13.3. The summed E-state index contributed by atoms with van der Waals surface area (Å²) >= 11 is 0. The minimum absolute atomic E-state index is 0.185. The van der Waals surface area contributed by atoms with Gasteiger partial charge in [0, 0.05) is 18.9 Å². The minimum Gasteiger partial charge on any atom is -0.507 e. The molecule has 9 heteroatoms. The number of nitrogens with zero attached hydrogens (tertiary/aromatic N) is 2. The van der Waals surface area contributed by atoms with E-state index in [1.807, 2.05) is 13.0 Å². The van der Waals surface area contributed by atoms with Crippen molar-refractivity contribution in [3.8, 4) is 5.75 Å². The van der Waals surface area contributed by atoms with Crippen LogP contribution in [0.15, 0.2) is 66.5 Å². The number of pyridine rings is 1. The molecule has 1 aliphatic heterocycles. The fourth-order valence-corrected chi connectivity index (χ4v) is 4.52. The first kappa shape index (κ1) is 25.0. The molecule has 6 nitrogen and oxygen atoms in total. The standard InChI is InChI=1S/C27H23F3N2O4/c1-15-10-16(2)25(36-3)20(11-15)23(33)21-22(18-7-5-9-31-13-18)32(26(35)24(21)34)14-17-6-4-8-19(12-17)27(28,29)30/h4-13,22,33H,14H2,1-3H3/b23-21+. The summed E-state index contributed by atoms with van der Waals surface area (Å²) < 4.78 is 45.2. The maximum atomic E-state index is 13.3. The monoisotopic (exact) mass is 496 g/mol. The average molecular weight is 496 g/mol. The molecule has 1 saturated heterocycles. The summed E-state index contributed by atoms with van der Waals surface area (Å²) in [4.78, 5) is 31.6. The van der Waals surface area contributed by atoms with E-state index >= 15 is 0 Å². The molecule has 2 aromatic carbocycles. The van der Waals surface area contributed by atoms with Crippen molar-refractivity contribution in [1.29, 1.82) is 0 Å². The van der Waals surface area contributed by atoms with Gasteiger partial charge in [-0.3, -0.25) is 14.6 Å². The van der Waals surface area contributed by atoms with Crippen LogP contribution in [0.1, 0.15) is 39.4 Å². The second-order valence-corrected chi connectivity index (χ2v) is 8.57. The van der Waals surface area contributed by atoms with Gasteiger partial charge in [-0.25, -0.2) is 0 Å². The SMILES string of the molecule is COc1c(C)cc(C)cc1/C(O)=C1\C(=O)C(=O)N(Cc2cccc(C(F)(F)F)c2)C1c1cccnc1. The van der Waals surface area contributed by atoms with Gasteiger partial charge >= 0.3 is 6.18 Å². The number of carbonyl (C=O) groups is 2. The van der Waals surface area contributed by atoms with Crippen molar-refractivity contribution in [3.05, 3.63) is 99.9 Å². The molecular formula is C27H23F3N2O4. The van der Waals surface area contributed by atoms with Crippen LogP contribution in [0, 0.1) is 13.8 Å². The molecule has 0 aliphatic carbocycles. The Labute approximate surface area is 205 Å². The molecular weight excluding hydrogens is 473 g/mol. The van der Waals surface area contributed by atoms with E-state index in [1.165, 1.54) is 31.6 Å². The number of aryl methyl sites for hydroxylation is 2. The van der Waals surface area contributed by atoms with Crippen LogP contribution in [0.5, 0.6) is 5.75 Å². The summed E-state index contributed by atoms with van der Waals surface area (Å²) in [6.07, 6.45) is -1.61. The van der Waals surface area contributed by atoms with E-state index in [1.54, 1.807) is 25.1 Å². The molecule has 1 fully saturated rings. The number of aromatic nitrogens is 1. The van der Waals surface area contributed by atoms with Crippen molar-refractivity contribution >= 4 is 17.4 Å². The second-order valence-electron chi connectivity index (χ2n) is 8.57. The quantitative estimate of drug-likeness (QED) is 0.293. The lowest BCUT2D eigenvalue weighted by Crippen LogP contribution is -2.29. The first-order valence-electron chi connectivity index (χ1n) is 11.0. The van der Waals surface area contributed by atoms with Crippen molar-refractivity contribution in [2.75, 3.05) is 7.11 Å². The van der Waals surface area contributed by atoms with Gasteiger partial charge in [0.15, 0.2) is 0 Å². The Morgan fingerprint density at radius 1 is 1.11 bits per heavy atom. The number of likely N-dealkylation sites (tertiary alicyclic amines) is 1. The Morgan fingerprint density at radius 3 is 2.50 bits per heavy atom. The summed E-state index contributed by atoms with van der Waals surface area (Å²) in [7, 11) is 1.43. The van der Waals surface area contributed by atoms with Crippen LogP contribution in [0.2, 0.25) is 0 Å². The van der Waals surface area contributed by atoms with Gasteiger partial charge in [-0.05, 0) is 60.4 Å². The van der Waals surface area contributed by atoms with Gasteiger partial charge in [0.25, 0.3) is 11.7 Å². The van der Waals surface area contributed by atoms with E-state index in [9.17, 15) is 27.9 Å². The van der Waals surface area contributed by atoms with Gasteiger partial charge in [0.2, 0.25) is 0 Å². The molecule has 1 atom stereocenters. The van der Waals surface area contributed by atoms with E-state index in [2.05, 4.69) is 4.98 Å². The highest BCUT2D eigenvalue weighted by molar-refractivity contribution is 6.46. The predicted molar refractivity (Wildman–Crippen MR) is 126 cm³/mol. The third-order valence-corrected chi connectivity index (χ3v) is 6.03. The van der Waals surface area contributed by atoms with Crippen LogP contribution in [0.4, 0.5) is 13.2 Å². The molecule has 1 N–H and O–H groups in total. The third-order valence-electron chi connectivity index (χ3n) is 6.03. The molecule has 1 amide bonds. The molecule has 0 radical (unpaired) electrons. The Morgan fingerprint density at radius 2 is 1.86 bits per heavy atom. The molecule has 0 spiro atoms. The lowest BCUT2D eigenvalue weighted by atomic mass is 9.94. The Balaban J connectivity index is 1.89. The molecule has 3 aromatic rings. The molecule has 1 unspecified atom stereocenters. The van der Waals surface area contributed by atoms with Gasteiger partial charge in [0.05, 0.1) is 29.9 Å². The number of alkyl halides is 3. The Bertz CT molecular complexity index is 1370. The van der Waals surface area contributed by atoms with Crippen LogP contribution in [0.3, 0.4) is 0 Å². The van der Waals surface area contributed by atoms with E-state index in [4.69, 9.17) is 4.74 Å². The van der Waals surface area contributed by atoms with Crippen molar-refractivity contribution in [3.63, 3.8) is 0 Å². The molecule has 0 saturated carbocycles. The van der Waals surface area contributed by atoms with Crippen molar-refractivity contribution < 1.29 is 32.6 Å². The van der Waals surface area contributed by atoms with Crippen LogP contribution >= 0.6 is 0 Å². The van der Waals surface area contributed by atoms with E-state index in [0.29, 0.717) is 11.3 Å². The van der Waals surface area contributed by atoms with Gasteiger partial charge in [-0.1, -0.05) is 24.3 Å². The number of aliphatic hydroxyl groups is 1. The van der Waals surface area contributed by atoms with E-state index in [-0.39, 0.29) is 23.2 Å². The first-order valence-corrected chi connectivity index (χ1v) is 11.0. The van der Waals surface area contributed by atoms with Crippen molar-refractivity contribution in [2.24, 2.45) is 0 Å². The zero-order valence-electron chi connectivity index (χ0n) is 19.8. The van der Waals surface area contributed by atoms with Crippen molar-refractivity contribution in [2.45, 2.75) is 32.6 Å². The van der Waals surface area contributed by atoms with Gasteiger partial charge in [0.1, 0.15) is 11.5 Å². The highest BCUT2D eigenvalue weighted by atomic mass is 19.4. The van der Waals surface area contributed by atoms with Crippen LogP contribution < -0.4 is 4.74 Å². The summed E-state index contributed by atoms with van der Waals surface area (Å²) in [5.41, 5.74) is 1.30. The number of ketones is 1. The zero-order valence-corrected chi connectivity index (χ0v) is 19.8. The molecule has 0 bridgehead atoms. The van der Waals surface area contributed by atoms with Crippen LogP contribution in [-0.4, -0.2) is 33.8 Å². The molecule has 1 aromatic heterocycles. The number of carbonyl (C=O) groups excluding carboxylic acids is 2. The fraction of sp³-hybridized carbons (Fsp3) is 0.222. The first-order chi connectivity index (χ1) is 17.0. The molecule has 186 valence electrons. The van der Waals surface area contributed by atoms with E-state index in [0.717, 1.165) is 28.2 Å². The number of amides is 1. The number of Topliss-reactive ketones (excluding diaryl/α,β-unsaturated/α-hetero) is 1. The summed E-state index contributed by atoms with van der Waals surface area (Å²) in [6.45, 7) is 3.32. The number of rotatable bonds is 5. The topological polar surface area (TPSA) is 79.7 Å². The van der Waals surface area contributed by atoms with Gasteiger partial charge in [-0.15, -0.1) is 0 Å². The maximum Gasteiger partial charge on any atom is 0.416 e. The summed E-state index contributed by atoms with van der Waals surface area (Å²) in [6, 6.07) is 10.2. The number of halogens is 3. The van der Waals surface area contributed by atoms with Gasteiger partial charge in [-0.2, -0.15) is 13.2 Å². The zero-order chi connectivity index (χ0) is 26.2. The number of methoxy groups -OCH3 is 1. The lowest BCUT2D eigenvalue weighted by molar-refractivity contribution is -0.140. The number of benzene rings is 2. The van der Waals surface area contributed by atoms with Crippen LogP contribution in [-0.2, 0) is 22.3 Å². The highest BCUT2D eigenvalue weighted by Crippen LogP contribution is 2.42. The van der Waals surface area contributed by atoms with E-state index < -0.39 is 35.2 Å². The molecule has 2 heterocycles. The normalized spacial score (nSPS) is 17.5. The number of hydrogen-bond donors (Lipinski definition) is 1. The summed E-state index contributed by atoms with van der Waals surface area (Å²) in [5.74, 6) is -1.98. The average Bonchev–Trinajstić information content (AvgIpc) is 3.08. The molecule has 36 heavy (non-hydrogen) atoms. The third kappa shape index (κ3) is 4.56. The van der Waals surface area contributed by atoms with Crippen molar-refractivity contribution in [1.82, 2.24) is 9.88 Å². The number of aliphatic hydroxyl groups excluding tert-OH is 1. The number of ether oxygens (including phenoxy) is 1. The Hall–Kier alpha value is -4.14. The molecule has 4 rings (SSSR count). The van der Waals surface area contributed by atoms with Crippen LogP contribution in [0.25, 0.3) is 5.76 Å². The highest BCUT2D eigenvalue weighted by Gasteiger charge is 2.46. The fourth-order valence-electron chi connectivity index (χ4n) is 4.52. The lowest BCUT2D eigenvalue weighted by Gasteiger charge is -2.25. The summed E-state index contributed by atoms with van der Waals surface area (Å²) in [5, 5.41) is 11.4. The largest absolute Gasteiger partial charge is 0.507 e. The second kappa shape index (κ2) is 9.49. The molecule has 1 aliphatic rings. The number of hydrogen-bond acceptors (Lipinski definition) is 5. The predicted octanol–water partition coefficient (Wildman–Crippen LogP) is 5.35. The van der Waals surface area contributed by atoms with Gasteiger partial charge < -0.3 is 14.7 Å². The Kier molecular flexibility index (Phi) is 6.58.